The minimum absolute atomic E-state index is 0. The van der Waals surface area contributed by atoms with Crippen LogP contribution in [0.2, 0.25) is 0 Å². The maximum absolute atomic E-state index is 11.1. The van der Waals surface area contributed by atoms with E-state index in [0.29, 0.717) is 0 Å². The Morgan fingerprint density at radius 3 is 0.400 bits per heavy atom. The molecule has 0 atom stereocenters. The van der Waals surface area contributed by atoms with Gasteiger partial charge in [-0.1, -0.05) is 0 Å². The molecule has 0 aromatic heterocycles. The second-order valence-electron chi connectivity index (χ2n) is 6.10. The molecular weight excluding hydrogens is 750 g/mol. The van der Waals surface area contributed by atoms with E-state index in [9.17, 15) is 86.1 Å². The Hall–Kier alpha value is 2.79. The van der Waals surface area contributed by atoms with Crippen molar-refractivity contribution in [1.29, 1.82) is 0 Å². The van der Waals surface area contributed by atoms with Crippen molar-refractivity contribution in [2.24, 2.45) is 0 Å². The maximum Gasteiger partial charge on any atom is 3.00 e. The molecule has 216 valence electrons. The Balaban J connectivity index is -0.00000162. The average Bonchev–Trinajstić information content (AvgIpc) is 2.51. The van der Waals surface area contributed by atoms with Crippen molar-refractivity contribution >= 4 is 116 Å². The van der Waals surface area contributed by atoms with Crippen LogP contribution in [0.3, 0.4) is 0 Å². The summed E-state index contributed by atoms with van der Waals surface area (Å²) in [5.74, 6) is 0. The molecule has 0 aliphatic heterocycles. The van der Waals surface area contributed by atoms with E-state index < -0.39 is 83.6 Å². The molecular formula is C6H6Al4O24P6. The van der Waals surface area contributed by atoms with Crippen molar-refractivity contribution in [2.45, 2.75) is 36.6 Å². The summed E-state index contributed by atoms with van der Waals surface area (Å²) in [4.78, 5) is 133. The standard InChI is InChI=1S/C6H18O24P6.4Al/c7-31(8,9)25-1-2(26-32(10,11)12)4(28-34(16,17)18)6(30-36(22,23)24)5(29-35(19,20)21)3(1)27-33(13,14)15;;;;/h1-6H,(H2,7,8,9)(H2,10,11,12)(H2,13,14,15)(H2,16,17,18)(H2,19,20,21)(H2,22,23,24);;;;/q;4*+3/p-12. The summed E-state index contributed by atoms with van der Waals surface area (Å²) in [5, 5.41) is 0. The van der Waals surface area contributed by atoms with Crippen molar-refractivity contribution in [3.8, 4) is 0 Å². The van der Waals surface area contributed by atoms with Crippen LogP contribution in [0.5, 0.6) is 0 Å². The van der Waals surface area contributed by atoms with E-state index in [-0.39, 0.29) is 69.4 Å². The molecule has 0 unspecified atom stereocenters. The second-order valence-corrected chi connectivity index (χ2v) is 12.7. The topological polar surface area (TPSA) is 435 Å². The van der Waals surface area contributed by atoms with E-state index in [4.69, 9.17) is 0 Å². The first-order valence-corrected chi connectivity index (χ1v) is 16.6. The van der Waals surface area contributed by atoms with Gasteiger partial charge >= 0.3 is 69.4 Å². The summed E-state index contributed by atoms with van der Waals surface area (Å²) in [6, 6.07) is 0. The molecule has 1 aliphatic rings. The molecule has 40 heavy (non-hydrogen) atoms. The molecule has 0 spiro atoms. The van der Waals surface area contributed by atoms with Crippen LogP contribution in [0.15, 0.2) is 0 Å². The first-order valence-electron chi connectivity index (χ1n) is 7.80. The zero-order valence-electron chi connectivity index (χ0n) is 18.3. The Bertz CT molecular complexity index is 837. The molecule has 0 N–H and O–H groups in total. The quantitative estimate of drug-likeness (QED) is 0.132. The van der Waals surface area contributed by atoms with E-state index in [0.717, 1.165) is 0 Å². The molecule has 0 radical (unpaired) electrons. The molecule has 0 amide bonds. The fraction of sp³-hybridized carbons (Fsp3) is 1.00. The molecule has 0 aromatic rings. The van der Waals surface area contributed by atoms with Gasteiger partial charge in [0.05, 0.1) is 46.9 Å². The predicted molar refractivity (Wildman–Crippen MR) is 97.9 cm³/mol. The normalized spacial score (nSPS) is 26.4. The van der Waals surface area contributed by atoms with E-state index in [1.54, 1.807) is 0 Å². The number of rotatable bonds is 12. The van der Waals surface area contributed by atoms with E-state index in [1.165, 1.54) is 0 Å². The molecule has 0 heterocycles. The van der Waals surface area contributed by atoms with Crippen molar-refractivity contribution < 1.29 is 113 Å². The van der Waals surface area contributed by atoms with Gasteiger partial charge in [-0.3, -0.25) is 0 Å². The van der Waals surface area contributed by atoms with Crippen LogP contribution in [-0.4, -0.2) is 106 Å². The summed E-state index contributed by atoms with van der Waals surface area (Å²) >= 11 is 0. The van der Waals surface area contributed by atoms with Crippen molar-refractivity contribution in [3.05, 3.63) is 0 Å². The Morgan fingerprint density at radius 2 is 0.350 bits per heavy atom. The third kappa shape index (κ3) is 20.0. The molecule has 1 aliphatic carbocycles. The summed E-state index contributed by atoms with van der Waals surface area (Å²) in [6.45, 7) is 0. The van der Waals surface area contributed by atoms with Gasteiger partial charge in [0.15, 0.2) is 0 Å². The summed E-state index contributed by atoms with van der Waals surface area (Å²) in [7, 11) is -40.1. The van der Waals surface area contributed by atoms with Crippen molar-refractivity contribution in [2.75, 3.05) is 0 Å². The Morgan fingerprint density at radius 1 is 0.275 bits per heavy atom. The van der Waals surface area contributed by atoms with E-state index in [2.05, 4.69) is 27.1 Å². The number of hydrogen-bond donors (Lipinski definition) is 0. The molecule has 0 saturated heterocycles. The first-order chi connectivity index (χ1) is 15.6. The summed E-state index contributed by atoms with van der Waals surface area (Å²) < 4.78 is 88.3. The largest absolute Gasteiger partial charge is 3.00 e. The van der Waals surface area contributed by atoms with Gasteiger partial charge in [0.25, 0.3) is 0 Å². The zero-order chi connectivity index (χ0) is 28.7. The van der Waals surface area contributed by atoms with Gasteiger partial charge in [-0.2, -0.15) is 0 Å². The van der Waals surface area contributed by atoms with Gasteiger partial charge in [0.1, 0.15) is 36.6 Å². The van der Waals surface area contributed by atoms with Gasteiger partial charge in [-0.25, -0.2) is 0 Å². The van der Waals surface area contributed by atoms with E-state index in [1.807, 2.05) is 0 Å². The Kier molecular flexibility index (Phi) is 21.9. The van der Waals surface area contributed by atoms with Gasteiger partial charge < -0.3 is 113 Å². The smallest absolute Gasteiger partial charge is 0.790 e. The number of phosphoric ester groups is 6. The monoisotopic (exact) mass is 756 g/mol. The number of hydrogen-bond acceptors (Lipinski definition) is 24. The Labute approximate surface area is 265 Å². The second kappa shape index (κ2) is 17.6. The van der Waals surface area contributed by atoms with Gasteiger partial charge in [0.2, 0.25) is 0 Å². The van der Waals surface area contributed by atoms with Crippen LogP contribution in [0, 0.1) is 0 Å². The predicted octanol–water partition coefficient (Wildman–Crippen LogP) is -12.2. The van der Waals surface area contributed by atoms with Gasteiger partial charge in [-0.15, -0.1) is 0 Å². The SMILES string of the molecule is O=P([O-])([O-])OC1C(OP(=O)([O-])[O-])C(OP(=O)([O-])[O-])C(OP(=O)([O-])[O-])C(OP(=O)([O-])[O-])C1OP(=O)([O-])[O-].[Al+3].[Al+3].[Al+3].[Al+3]. The molecule has 1 rings (SSSR count). The minimum atomic E-state index is -6.68. The molecule has 0 aromatic carbocycles. The third-order valence-corrected chi connectivity index (χ3v) is 6.46. The van der Waals surface area contributed by atoms with Crippen LogP contribution >= 0.6 is 46.9 Å². The molecule has 1 fully saturated rings. The molecule has 0 bridgehead atoms. The van der Waals surface area contributed by atoms with Gasteiger partial charge in [-0.05, 0) is 0 Å². The van der Waals surface area contributed by atoms with Crippen LogP contribution in [0.1, 0.15) is 0 Å². The fourth-order valence-corrected chi connectivity index (χ4v) is 5.96. The molecule has 1 saturated carbocycles. The molecule has 24 nitrogen and oxygen atoms in total. The van der Waals surface area contributed by atoms with Crippen LogP contribution in [0.25, 0.3) is 0 Å². The maximum atomic E-state index is 11.1. The fourth-order valence-electron chi connectivity index (χ4n) is 2.74. The van der Waals surface area contributed by atoms with Crippen molar-refractivity contribution in [1.82, 2.24) is 0 Å². The van der Waals surface area contributed by atoms with E-state index >= 15 is 0 Å². The first kappa shape index (κ1) is 49.7. The van der Waals surface area contributed by atoms with Gasteiger partial charge in [0, 0.05) is 0 Å². The third-order valence-electron chi connectivity index (χ3n) is 3.45. The zero-order valence-corrected chi connectivity index (χ0v) is 28.2. The summed E-state index contributed by atoms with van der Waals surface area (Å²) in [6.07, 6.45) is -21.5. The van der Waals surface area contributed by atoms with Crippen LogP contribution in [-0.2, 0) is 54.5 Å². The summed E-state index contributed by atoms with van der Waals surface area (Å²) in [5.41, 5.74) is 0. The number of phosphoric acid groups is 6. The minimum Gasteiger partial charge on any atom is -0.790 e. The van der Waals surface area contributed by atoms with Crippen LogP contribution < -0.4 is 58.7 Å². The molecule has 34 heteroatoms. The van der Waals surface area contributed by atoms with Crippen molar-refractivity contribution in [3.63, 3.8) is 0 Å². The van der Waals surface area contributed by atoms with Crippen LogP contribution in [0.4, 0.5) is 0 Å². The average molecular weight is 756 g/mol.